The molecular weight excluding hydrogens is 581 g/mol. The summed E-state index contributed by atoms with van der Waals surface area (Å²) in [5, 5.41) is 0. The maximum absolute atomic E-state index is 7.23. The first kappa shape index (κ1) is 20.2. The molecular formula is C30H24IrN2-2. The minimum absolute atomic E-state index is 0. The van der Waals surface area contributed by atoms with Gasteiger partial charge in [0.2, 0.25) is 0 Å². The molecule has 0 N–H and O–H groups in total. The molecule has 3 aromatic carbocycles. The summed E-state index contributed by atoms with van der Waals surface area (Å²) in [7, 11) is 0. The van der Waals surface area contributed by atoms with Crippen LogP contribution in [0.4, 0.5) is 0 Å². The second-order valence-electron chi connectivity index (χ2n) is 7.28. The van der Waals surface area contributed by atoms with Gasteiger partial charge < -0.3 is 9.97 Å². The summed E-state index contributed by atoms with van der Waals surface area (Å²) in [5.74, 6) is 0. The van der Waals surface area contributed by atoms with E-state index in [9.17, 15) is 0 Å². The molecule has 165 valence electrons. The number of hydrogen-bond donors (Lipinski definition) is 0. The molecule has 3 heteroatoms. The van der Waals surface area contributed by atoms with Gasteiger partial charge in [-0.2, -0.15) is 0 Å². The molecule has 0 bridgehead atoms. The Hall–Kier alpha value is -3.39. The number of benzene rings is 3. The summed E-state index contributed by atoms with van der Waals surface area (Å²) in [6, 6.07) is 37.5. The van der Waals surface area contributed by atoms with E-state index in [2.05, 4.69) is 59.4 Å². The van der Waals surface area contributed by atoms with E-state index in [0.717, 1.165) is 28.1 Å². The molecule has 2 heterocycles. The molecule has 0 saturated heterocycles. The van der Waals surface area contributed by atoms with E-state index in [0.29, 0.717) is 0 Å². The predicted molar refractivity (Wildman–Crippen MR) is 132 cm³/mol. The number of aromatic nitrogens is 2. The van der Waals surface area contributed by atoms with Gasteiger partial charge in [-0.1, -0.05) is 54.1 Å². The van der Waals surface area contributed by atoms with Crippen LogP contribution in [0.25, 0.3) is 33.6 Å². The topological polar surface area (TPSA) is 25.8 Å². The van der Waals surface area contributed by atoms with Gasteiger partial charge in [0.1, 0.15) is 0 Å². The summed E-state index contributed by atoms with van der Waals surface area (Å²) >= 11 is 0. The zero-order valence-electron chi connectivity index (χ0n) is 21.1. The standard InChI is InChI=1S/C18H14N.C12H10N.Ir/c1-14-7-9-15(10-8-14)17-11-12-18(19-13-17)16-5-3-2-4-6-16;1-10-7-8-12(13-9-10)11-5-3-2-4-6-11;/h2-5,7-13H,1H3;2-5,7-9H,1H3;/q2*-1;/i;1D3;. The number of nitrogens with zero attached hydrogens (tertiary/aromatic N) is 2. The van der Waals surface area contributed by atoms with E-state index < -0.39 is 6.85 Å². The van der Waals surface area contributed by atoms with Gasteiger partial charge in [0, 0.05) is 36.6 Å². The third-order valence-corrected chi connectivity index (χ3v) is 4.88. The van der Waals surface area contributed by atoms with Crippen LogP contribution in [0.2, 0.25) is 0 Å². The zero-order chi connectivity index (χ0) is 24.7. The Morgan fingerprint density at radius 2 is 1.15 bits per heavy atom. The van der Waals surface area contributed by atoms with Crippen molar-refractivity contribution in [2.75, 3.05) is 0 Å². The molecule has 5 rings (SSSR count). The average Bonchev–Trinajstić information content (AvgIpc) is 2.90. The Bertz CT molecular complexity index is 1340. The Kier molecular flexibility index (Phi) is 7.36. The van der Waals surface area contributed by atoms with Crippen LogP contribution in [0.3, 0.4) is 0 Å². The second kappa shape index (κ2) is 12.0. The maximum Gasteiger partial charge on any atom is 0.0280 e. The summed E-state index contributed by atoms with van der Waals surface area (Å²) in [4.78, 5) is 8.64. The van der Waals surface area contributed by atoms with Crippen LogP contribution in [0.15, 0.2) is 109 Å². The first-order valence-electron chi connectivity index (χ1n) is 11.8. The Morgan fingerprint density at radius 1 is 0.606 bits per heavy atom. The summed E-state index contributed by atoms with van der Waals surface area (Å²) in [6.45, 7) is 0.00228. The molecule has 0 aliphatic heterocycles. The molecule has 1 radical (unpaired) electrons. The van der Waals surface area contributed by atoms with E-state index in [1.165, 1.54) is 17.3 Å². The molecule has 33 heavy (non-hydrogen) atoms. The van der Waals surface area contributed by atoms with Crippen LogP contribution in [0, 0.1) is 25.9 Å². The summed E-state index contributed by atoms with van der Waals surface area (Å²) in [6.07, 6.45) is 3.31. The van der Waals surface area contributed by atoms with Crippen LogP contribution in [0.1, 0.15) is 15.2 Å². The number of pyridine rings is 2. The molecule has 2 nitrogen and oxygen atoms in total. The van der Waals surface area contributed by atoms with E-state index in [1.54, 1.807) is 18.2 Å². The number of rotatable bonds is 3. The van der Waals surface area contributed by atoms with Crippen molar-refractivity contribution < 1.29 is 24.2 Å². The van der Waals surface area contributed by atoms with Crippen molar-refractivity contribution in [3.05, 3.63) is 133 Å². The molecule has 5 aromatic rings. The SMILES string of the molecule is Cc1ccc(-c2ccc(-c3[c-]cccc3)nc2)cc1.[2H]C([2H])([2H])c1ccc(-c2[c-]cccc2)nc1.[Ir]. The average molecular weight is 608 g/mol. The van der Waals surface area contributed by atoms with Gasteiger partial charge in [-0.05, 0) is 41.9 Å². The van der Waals surface area contributed by atoms with Gasteiger partial charge in [-0.3, -0.25) is 0 Å². The Balaban J connectivity index is 0.000000198. The van der Waals surface area contributed by atoms with Crippen LogP contribution in [0.5, 0.6) is 0 Å². The van der Waals surface area contributed by atoms with Crippen LogP contribution in [-0.2, 0) is 20.1 Å². The van der Waals surface area contributed by atoms with Gasteiger partial charge in [-0.25, -0.2) is 0 Å². The number of aryl methyl sites for hydroxylation is 2. The molecule has 0 fully saturated rings. The quantitative estimate of drug-likeness (QED) is 0.200. The molecule has 0 aliphatic carbocycles. The molecule has 0 amide bonds. The second-order valence-corrected chi connectivity index (χ2v) is 7.28. The molecule has 0 atom stereocenters. The van der Waals surface area contributed by atoms with Gasteiger partial charge in [0.05, 0.1) is 0 Å². The monoisotopic (exact) mass is 608 g/mol. The Labute approximate surface area is 214 Å². The minimum Gasteiger partial charge on any atom is -0.304 e. The predicted octanol–water partition coefficient (Wildman–Crippen LogP) is 7.38. The fourth-order valence-corrected chi connectivity index (χ4v) is 3.13. The first-order valence-corrected chi connectivity index (χ1v) is 10.3. The van der Waals surface area contributed by atoms with E-state index >= 15 is 0 Å². The molecule has 0 aliphatic rings. The van der Waals surface area contributed by atoms with E-state index in [4.69, 9.17) is 4.11 Å². The van der Waals surface area contributed by atoms with Crippen molar-refractivity contribution in [2.24, 2.45) is 0 Å². The minimum atomic E-state index is -2.09. The normalized spacial score (nSPS) is 11.6. The van der Waals surface area contributed by atoms with Crippen molar-refractivity contribution >= 4 is 0 Å². The van der Waals surface area contributed by atoms with Crippen LogP contribution < -0.4 is 0 Å². The van der Waals surface area contributed by atoms with Crippen LogP contribution >= 0.6 is 0 Å². The van der Waals surface area contributed by atoms with Gasteiger partial charge in [0.15, 0.2) is 0 Å². The largest absolute Gasteiger partial charge is 0.304 e. The van der Waals surface area contributed by atoms with E-state index in [-0.39, 0.29) is 25.7 Å². The summed E-state index contributed by atoms with van der Waals surface area (Å²) < 4.78 is 21.7. The maximum atomic E-state index is 7.23. The van der Waals surface area contributed by atoms with Gasteiger partial charge >= 0.3 is 0 Å². The third-order valence-electron chi connectivity index (χ3n) is 4.88. The zero-order valence-corrected chi connectivity index (χ0v) is 20.5. The molecule has 0 unspecified atom stereocenters. The van der Waals surface area contributed by atoms with Crippen LogP contribution in [-0.4, -0.2) is 9.97 Å². The van der Waals surface area contributed by atoms with Crippen molar-refractivity contribution in [1.29, 1.82) is 0 Å². The molecule has 2 aromatic heterocycles. The van der Waals surface area contributed by atoms with E-state index in [1.807, 2.05) is 54.7 Å². The summed E-state index contributed by atoms with van der Waals surface area (Å²) in [5.41, 5.74) is 7.43. The van der Waals surface area contributed by atoms with Crippen molar-refractivity contribution in [3.63, 3.8) is 0 Å². The Morgan fingerprint density at radius 3 is 1.61 bits per heavy atom. The first-order chi connectivity index (χ1) is 16.9. The molecule has 0 spiro atoms. The molecule has 0 saturated carbocycles. The van der Waals surface area contributed by atoms with Crippen molar-refractivity contribution in [2.45, 2.75) is 13.8 Å². The fourth-order valence-electron chi connectivity index (χ4n) is 3.13. The number of hydrogen-bond acceptors (Lipinski definition) is 2. The van der Waals surface area contributed by atoms with Gasteiger partial charge in [-0.15, -0.1) is 71.8 Å². The fraction of sp³-hybridized carbons (Fsp3) is 0.0667. The smallest absolute Gasteiger partial charge is 0.0280 e. The van der Waals surface area contributed by atoms with Crippen molar-refractivity contribution in [3.8, 4) is 33.6 Å². The third kappa shape index (κ3) is 6.79. The van der Waals surface area contributed by atoms with Gasteiger partial charge in [0.25, 0.3) is 0 Å². The van der Waals surface area contributed by atoms with Crippen molar-refractivity contribution in [1.82, 2.24) is 9.97 Å².